The molecule has 100 valence electrons. The highest BCUT2D eigenvalue weighted by molar-refractivity contribution is 5.91. The Balaban J connectivity index is 2.26. The molecule has 3 rings (SSSR count). The van der Waals surface area contributed by atoms with E-state index in [0.717, 1.165) is 12.8 Å². The predicted octanol–water partition coefficient (Wildman–Crippen LogP) is 1.55. The summed E-state index contributed by atoms with van der Waals surface area (Å²) in [6.07, 6.45) is 6.11. The Morgan fingerprint density at radius 3 is 2.74 bits per heavy atom. The molecule has 0 atom stereocenters. The van der Waals surface area contributed by atoms with Crippen molar-refractivity contribution in [2.24, 2.45) is 7.05 Å². The Morgan fingerprint density at radius 2 is 2.11 bits per heavy atom. The molecule has 6 heteroatoms. The monoisotopic (exact) mass is 261 g/mol. The highest BCUT2D eigenvalue weighted by Gasteiger charge is 2.22. The van der Waals surface area contributed by atoms with Gasteiger partial charge in [-0.1, -0.05) is 12.8 Å². The van der Waals surface area contributed by atoms with Crippen LogP contribution in [0.3, 0.4) is 0 Å². The third kappa shape index (κ3) is 1.75. The van der Waals surface area contributed by atoms with Crippen LogP contribution in [0, 0.1) is 0 Å². The lowest BCUT2D eigenvalue weighted by Crippen LogP contribution is -2.26. The largest absolute Gasteiger partial charge is 0.477 e. The van der Waals surface area contributed by atoms with E-state index in [4.69, 9.17) is 5.11 Å². The molecule has 1 aliphatic rings. The van der Waals surface area contributed by atoms with E-state index in [1.807, 2.05) is 4.68 Å². The van der Waals surface area contributed by atoms with Gasteiger partial charge in [0.2, 0.25) is 0 Å². The first kappa shape index (κ1) is 12.0. The van der Waals surface area contributed by atoms with Crippen LogP contribution in [0.25, 0.3) is 11.0 Å². The zero-order valence-corrected chi connectivity index (χ0v) is 10.7. The predicted molar refractivity (Wildman–Crippen MR) is 69.4 cm³/mol. The van der Waals surface area contributed by atoms with E-state index in [2.05, 4.69) is 5.10 Å². The van der Waals surface area contributed by atoms with E-state index in [0.29, 0.717) is 17.1 Å². The first-order valence-electron chi connectivity index (χ1n) is 6.40. The molecule has 19 heavy (non-hydrogen) atoms. The van der Waals surface area contributed by atoms with Crippen molar-refractivity contribution in [2.75, 3.05) is 0 Å². The van der Waals surface area contributed by atoms with Gasteiger partial charge in [0.1, 0.15) is 11.2 Å². The lowest BCUT2D eigenvalue weighted by Gasteiger charge is -2.13. The number of aromatic nitrogens is 3. The average Bonchev–Trinajstić information content (AvgIpc) is 3.01. The highest BCUT2D eigenvalue weighted by atomic mass is 16.4. The van der Waals surface area contributed by atoms with Crippen LogP contribution in [0.4, 0.5) is 0 Å². The Hall–Kier alpha value is -2.11. The van der Waals surface area contributed by atoms with Crippen LogP contribution in [0.1, 0.15) is 42.1 Å². The fourth-order valence-corrected chi connectivity index (χ4v) is 2.88. The Morgan fingerprint density at radius 1 is 1.42 bits per heavy atom. The number of carbonyl (C=O) groups is 1. The van der Waals surface area contributed by atoms with E-state index >= 15 is 0 Å². The average molecular weight is 261 g/mol. The third-order valence-electron chi connectivity index (χ3n) is 3.85. The number of pyridine rings is 1. The molecule has 0 unspecified atom stereocenters. The maximum atomic E-state index is 12.0. The minimum Gasteiger partial charge on any atom is -0.477 e. The molecule has 2 heterocycles. The fraction of sp³-hybridized carbons (Fsp3) is 0.462. The Bertz CT molecular complexity index is 708. The molecule has 0 radical (unpaired) electrons. The molecule has 0 bridgehead atoms. The van der Waals surface area contributed by atoms with Crippen molar-refractivity contribution in [2.45, 2.75) is 31.7 Å². The van der Waals surface area contributed by atoms with Crippen molar-refractivity contribution in [1.29, 1.82) is 0 Å². The summed E-state index contributed by atoms with van der Waals surface area (Å²) < 4.78 is 3.26. The molecule has 1 fully saturated rings. The smallest absolute Gasteiger partial charge is 0.341 e. The van der Waals surface area contributed by atoms with Crippen molar-refractivity contribution in [3.8, 4) is 0 Å². The van der Waals surface area contributed by atoms with Gasteiger partial charge in [-0.15, -0.1) is 0 Å². The number of carboxylic acids is 1. The second-order valence-corrected chi connectivity index (χ2v) is 5.03. The van der Waals surface area contributed by atoms with Crippen molar-refractivity contribution < 1.29 is 9.90 Å². The number of hydrogen-bond donors (Lipinski definition) is 1. The maximum absolute atomic E-state index is 12.0. The molecule has 0 aliphatic heterocycles. The molecule has 0 amide bonds. The van der Waals surface area contributed by atoms with Crippen LogP contribution >= 0.6 is 0 Å². The van der Waals surface area contributed by atoms with Crippen LogP contribution in [0.5, 0.6) is 0 Å². The second kappa shape index (κ2) is 4.22. The van der Waals surface area contributed by atoms with Gasteiger partial charge in [0.25, 0.3) is 5.56 Å². The molecule has 1 N–H and O–H groups in total. The van der Waals surface area contributed by atoms with Crippen molar-refractivity contribution in [3.63, 3.8) is 0 Å². The van der Waals surface area contributed by atoms with E-state index in [1.54, 1.807) is 13.2 Å². The van der Waals surface area contributed by atoms with E-state index < -0.39 is 11.5 Å². The number of aromatic carboxylic acids is 1. The molecule has 1 aliphatic carbocycles. The van der Waals surface area contributed by atoms with Gasteiger partial charge in [-0.3, -0.25) is 9.36 Å². The molecule has 2 aromatic heterocycles. The number of nitrogens with zero attached hydrogens (tertiary/aromatic N) is 3. The number of fused-ring (bicyclic) bond motifs is 1. The van der Waals surface area contributed by atoms with Gasteiger partial charge in [-0.25, -0.2) is 9.48 Å². The second-order valence-electron chi connectivity index (χ2n) is 5.03. The molecule has 0 aromatic carbocycles. The number of carboxylic acid groups (broad SMARTS) is 1. The summed E-state index contributed by atoms with van der Waals surface area (Å²) >= 11 is 0. The summed E-state index contributed by atoms with van der Waals surface area (Å²) in [4.78, 5) is 23.1. The molecular weight excluding hydrogens is 246 g/mol. The van der Waals surface area contributed by atoms with Gasteiger partial charge in [-0.05, 0) is 18.9 Å². The quantitative estimate of drug-likeness (QED) is 0.889. The normalized spacial score (nSPS) is 16.3. The van der Waals surface area contributed by atoms with Crippen molar-refractivity contribution >= 4 is 17.0 Å². The van der Waals surface area contributed by atoms with E-state index in [9.17, 15) is 9.59 Å². The molecule has 1 saturated carbocycles. The zero-order chi connectivity index (χ0) is 13.6. The fourth-order valence-electron chi connectivity index (χ4n) is 2.88. The van der Waals surface area contributed by atoms with Crippen molar-refractivity contribution in [1.82, 2.24) is 14.3 Å². The molecule has 0 spiro atoms. The van der Waals surface area contributed by atoms with Gasteiger partial charge < -0.3 is 5.11 Å². The highest BCUT2D eigenvalue weighted by Crippen LogP contribution is 2.31. The summed E-state index contributed by atoms with van der Waals surface area (Å²) in [5.74, 6) is -1.20. The van der Waals surface area contributed by atoms with Crippen LogP contribution in [-0.2, 0) is 7.05 Å². The topological polar surface area (TPSA) is 77.1 Å². The Kier molecular flexibility index (Phi) is 2.66. The van der Waals surface area contributed by atoms with Crippen LogP contribution in [-0.4, -0.2) is 25.4 Å². The Labute approximate surface area is 109 Å². The van der Waals surface area contributed by atoms with Crippen LogP contribution < -0.4 is 5.56 Å². The summed E-state index contributed by atoms with van der Waals surface area (Å²) in [6, 6.07) is 1.73. The van der Waals surface area contributed by atoms with E-state index in [-0.39, 0.29) is 5.56 Å². The summed E-state index contributed by atoms with van der Waals surface area (Å²) in [6.45, 7) is 0. The van der Waals surface area contributed by atoms with E-state index in [1.165, 1.54) is 23.5 Å². The van der Waals surface area contributed by atoms with Gasteiger partial charge >= 0.3 is 5.97 Å². The number of aryl methyl sites for hydroxylation is 1. The third-order valence-corrected chi connectivity index (χ3v) is 3.85. The number of rotatable bonds is 2. The van der Waals surface area contributed by atoms with Gasteiger partial charge in [0.05, 0.1) is 12.2 Å². The molecule has 2 aromatic rings. The lowest BCUT2D eigenvalue weighted by molar-refractivity contribution is 0.0694. The lowest BCUT2D eigenvalue weighted by atomic mass is 10.2. The number of hydrogen-bond acceptors (Lipinski definition) is 3. The SMILES string of the molecule is Cn1c(=O)c(C(=O)O)cc2cnn(C3CCCC3)c21. The van der Waals surface area contributed by atoms with Crippen LogP contribution in [0.15, 0.2) is 17.1 Å². The first-order valence-corrected chi connectivity index (χ1v) is 6.40. The minimum atomic E-state index is -1.20. The summed E-state index contributed by atoms with van der Waals surface area (Å²) in [7, 11) is 1.60. The van der Waals surface area contributed by atoms with Crippen LogP contribution in [0.2, 0.25) is 0 Å². The minimum absolute atomic E-state index is 0.207. The van der Waals surface area contributed by atoms with Gasteiger partial charge in [0, 0.05) is 12.4 Å². The summed E-state index contributed by atoms with van der Waals surface area (Å²) in [5.41, 5.74) is 0.0163. The first-order chi connectivity index (χ1) is 9.09. The standard InChI is InChI=1S/C13H15N3O3/c1-15-11-8(6-10(12(15)17)13(18)19)7-14-16(11)9-4-2-3-5-9/h6-7,9H,2-5H2,1H3,(H,18,19). The van der Waals surface area contributed by atoms with Gasteiger partial charge in [-0.2, -0.15) is 5.10 Å². The zero-order valence-electron chi connectivity index (χ0n) is 10.7. The summed E-state index contributed by atoms with van der Waals surface area (Å²) in [5, 5.41) is 14.1. The van der Waals surface area contributed by atoms with Gasteiger partial charge in [0.15, 0.2) is 0 Å². The molecule has 0 saturated heterocycles. The maximum Gasteiger partial charge on any atom is 0.341 e. The molecule has 6 nitrogen and oxygen atoms in total. The van der Waals surface area contributed by atoms with Crippen molar-refractivity contribution in [3.05, 3.63) is 28.2 Å². The molecular formula is C13H15N3O3.